The van der Waals surface area contributed by atoms with Crippen LogP contribution in [-0.4, -0.2) is 35.0 Å². The predicted molar refractivity (Wildman–Crippen MR) is 162 cm³/mol. The molecule has 6 aliphatic rings. The minimum absolute atomic E-state index is 0.0322. The topological polar surface area (TPSA) is 76.0 Å². The minimum atomic E-state index is -0.929. The maximum absolute atomic E-state index is 14.0. The summed E-state index contributed by atoms with van der Waals surface area (Å²) < 4.78 is 40.7. The molecule has 0 spiro atoms. The summed E-state index contributed by atoms with van der Waals surface area (Å²) in [7, 11) is 0. The van der Waals surface area contributed by atoms with E-state index in [4.69, 9.17) is 9.47 Å². The summed E-state index contributed by atoms with van der Waals surface area (Å²) in [5.74, 6) is -1.35. The molecule has 0 aromatic heterocycles. The Kier molecular flexibility index (Phi) is 6.72. The number of hydrogen-bond donors (Lipinski definition) is 2. The van der Waals surface area contributed by atoms with Gasteiger partial charge in [-0.3, -0.25) is 4.79 Å². The number of carboxylic acid groups (broad SMARTS) is 1. The molecular weight excluding hydrogens is 562 g/mol. The SMILES string of the molecule is CC1(C)CC[C@]2(C(=O)O)CC[C@]3(C)C(=CCC4[C@@]5(C)C[C@@H](O)[C@@H]6OC(c7cc(F)cc(F)c7)OC[C@@]6(C)C5CC[C@]43C)C2C1. The molecule has 7 rings (SSSR count). The van der Waals surface area contributed by atoms with Gasteiger partial charge in [0.1, 0.15) is 11.6 Å². The monoisotopic (exact) mass is 612 g/mol. The minimum Gasteiger partial charge on any atom is -0.481 e. The molecule has 5 aliphatic carbocycles. The summed E-state index contributed by atoms with van der Waals surface area (Å²) in [6, 6.07) is 3.32. The normalized spacial score (nSPS) is 49.3. The van der Waals surface area contributed by atoms with E-state index in [0.717, 1.165) is 57.4 Å². The van der Waals surface area contributed by atoms with Gasteiger partial charge in [-0.1, -0.05) is 53.2 Å². The number of carbonyl (C=O) groups is 1. The Morgan fingerprint density at radius 1 is 0.886 bits per heavy atom. The molecule has 2 N–H and O–H groups in total. The van der Waals surface area contributed by atoms with Crippen LogP contribution in [0.5, 0.6) is 0 Å². The second kappa shape index (κ2) is 9.60. The zero-order valence-corrected chi connectivity index (χ0v) is 27.2. The van der Waals surface area contributed by atoms with Gasteiger partial charge in [-0.2, -0.15) is 0 Å². The van der Waals surface area contributed by atoms with Gasteiger partial charge in [-0.15, -0.1) is 0 Å². The summed E-state index contributed by atoms with van der Waals surface area (Å²) in [4.78, 5) is 12.9. The lowest BCUT2D eigenvalue weighted by Crippen LogP contribution is -2.69. The summed E-state index contributed by atoms with van der Waals surface area (Å²) in [6.45, 7) is 14.4. The molecule has 1 aromatic carbocycles. The first-order valence-corrected chi connectivity index (χ1v) is 16.8. The van der Waals surface area contributed by atoms with Crippen LogP contribution in [0.25, 0.3) is 0 Å². The van der Waals surface area contributed by atoms with Crippen LogP contribution < -0.4 is 0 Å². The lowest BCUT2D eigenvalue weighted by atomic mass is 9.33. The first kappa shape index (κ1) is 30.8. The predicted octanol–water partition coefficient (Wildman–Crippen LogP) is 8.22. The summed E-state index contributed by atoms with van der Waals surface area (Å²) in [5, 5.41) is 22.4. The third-order valence-corrected chi connectivity index (χ3v) is 14.7. The van der Waals surface area contributed by atoms with Crippen LogP contribution in [-0.2, 0) is 14.3 Å². The second-order valence-electron chi connectivity index (χ2n) is 17.4. The molecule has 44 heavy (non-hydrogen) atoms. The van der Waals surface area contributed by atoms with Gasteiger partial charge in [0.2, 0.25) is 0 Å². The van der Waals surface area contributed by atoms with Crippen LogP contribution in [0.2, 0.25) is 0 Å². The van der Waals surface area contributed by atoms with Gasteiger partial charge in [0, 0.05) is 17.0 Å². The number of halogens is 2. The fourth-order valence-electron chi connectivity index (χ4n) is 12.3. The van der Waals surface area contributed by atoms with Crippen LogP contribution in [0.15, 0.2) is 29.8 Å². The van der Waals surface area contributed by atoms with Crippen molar-refractivity contribution in [1.29, 1.82) is 0 Å². The van der Waals surface area contributed by atoms with Crippen LogP contribution >= 0.6 is 0 Å². The van der Waals surface area contributed by atoms with E-state index in [1.807, 2.05) is 0 Å². The lowest BCUT2D eigenvalue weighted by molar-refractivity contribution is -0.339. The quantitative estimate of drug-likeness (QED) is 0.329. The summed E-state index contributed by atoms with van der Waals surface area (Å²) >= 11 is 0. The number of ether oxygens (including phenoxy) is 2. The molecule has 4 saturated carbocycles. The van der Waals surface area contributed by atoms with E-state index in [1.165, 1.54) is 17.7 Å². The number of hydrogen-bond acceptors (Lipinski definition) is 4. The zero-order chi connectivity index (χ0) is 31.7. The largest absolute Gasteiger partial charge is 0.481 e. The number of aliphatic carboxylic acids is 1. The van der Waals surface area contributed by atoms with E-state index in [0.29, 0.717) is 24.5 Å². The van der Waals surface area contributed by atoms with Crippen LogP contribution in [0.4, 0.5) is 8.78 Å². The lowest BCUT2D eigenvalue weighted by Gasteiger charge is -2.72. The fraction of sp³-hybridized carbons (Fsp3) is 0.757. The number of rotatable bonds is 2. The second-order valence-corrected chi connectivity index (χ2v) is 17.4. The Balaban J connectivity index is 1.23. The molecule has 0 amide bonds. The summed E-state index contributed by atoms with van der Waals surface area (Å²) in [5.41, 5.74) is 0.377. The van der Waals surface area contributed by atoms with E-state index in [2.05, 4.69) is 47.6 Å². The first-order chi connectivity index (χ1) is 20.5. The highest BCUT2D eigenvalue weighted by Gasteiger charge is 2.71. The highest BCUT2D eigenvalue weighted by atomic mass is 19.1. The van der Waals surface area contributed by atoms with Gasteiger partial charge in [-0.25, -0.2) is 8.78 Å². The maximum atomic E-state index is 14.0. The van der Waals surface area contributed by atoms with Gasteiger partial charge in [0.25, 0.3) is 0 Å². The molecule has 4 unspecified atom stereocenters. The molecule has 242 valence electrons. The first-order valence-electron chi connectivity index (χ1n) is 16.8. The highest BCUT2D eigenvalue weighted by molar-refractivity contribution is 5.76. The Hall–Kier alpha value is -1.83. The third kappa shape index (κ3) is 4.00. The molecule has 0 bridgehead atoms. The Labute approximate surface area is 260 Å². The molecule has 0 radical (unpaired) electrons. The molecule has 1 saturated heterocycles. The Morgan fingerprint density at radius 3 is 2.25 bits per heavy atom. The van der Waals surface area contributed by atoms with Crippen molar-refractivity contribution in [2.45, 2.75) is 118 Å². The molecule has 1 aliphatic heterocycles. The zero-order valence-electron chi connectivity index (χ0n) is 27.2. The van der Waals surface area contributed by atoms with Crippen molar-refractivity contribution in [2.75, 3.05) is 6.61 Å². The van der Waals surface area contributed by atoms with Crippen LogP contribution in [0.3, 0.4) is 0 Å². The highest BCUT2D eigenvalue weighted by Crippen LogP contribution is 2.76. The molecule has 1 aromatic rings. The molecule has 5 fully saturated rings. The molecule has 5 nitrogen and oxygen atoms in total. The number of carboxylic acids is 1. The van der Waals surface area contributed by atoms with Crippen molar-refractivity contribution < 1.29 is 33.3 Å². The van der Waals surface area contributed by atoms with Crippen molar-refractivity contribution in [3.05, 3.63) is 47.0 Å². The average molecular weight is 613 g/mol. The summed E-state index contributed by atoms with van der Waals surface area (Å²) in [6.07, 6.45) is 8.00. The van der Waals surface area contributed by atoms with Gasteiger partial charge in [0.05, 0.1) is 24.2 Å². The molecular formula is C37H50F2O5. The van der Waals surface area contributed by atoms with Gasteiger partial charge < -0.3 is 19.7 Å². The number of aliphatic hydroxyl groups excluding tert-OH is 1. The van der Waals surface area contributed by atoms with E-state index in [9.17, 15) is 23.8 Å². The Morgan fingerprint density at radius 2 is 1.57 bits per heavy atom. The fourth-order valence-corrected chi connectivity index (χ4v) is 12.3. The number of aliphatic hydroxyl groups is 1. The van der Waals surface area contributed by atoms with Gasteiger partial charge >= 0.3 is 5.97 Å². The number of fused-ring (bicyclic) bond motifs is 9. The van der Waals surface area contributed by atoms with Crippen LogP contribution in [0, 0.1) is 61.9 Å². The van der Waals surface area contributed by atoms with Crippen molar-refractivity contribution in [1.82, 2.24) is 0 Å². The van der Waals surface area contributed by atoms with Crippen LogP contribution in [0.1, 0.15) is 111 Å². The van der Waals surface area contributed by atoms with E-state index < -0.39 is 46.9 Å². The standard InChI is InChI=1S/C37H50F2O5/c1-32(2)11-13-37(31(41)42)14-12-35(5)24(25(37)18-32)7-8-28-33(3)19-26(40)29-34(4,27(33)9-10-36(28,35)6)20-43-30(44-29)21-15-22(38)17-23(39)16-21/h7,15-17,25-30,40H,8-14,18-20H2,1-6H3,(H,41,42)/t25?,26-,27?,28?,29+,30?,33+,34+,35-,36-,37+/m1/s1. The maximum Gasteiger partial charge on any atom is 0.310 e. The number of benzene rings is 1. The Bertz CT molecular complexity index is 1390. The number of allylic oxidation sites excluding steroid dienone is 2. The van der Waals surface area contributed by atoms with E-state index >= 15 is 0 Å². The van der Waals surface area contributed by atoms with Crippen molar-refractivity contribution in [3.8, 4) is 0 Å². The van der Waals surface area contributed by atoms with Crippen molar-refractivity contribution >= 4 is 5.97 Å². The van der Waals surface area contributed by atoms with E-state index in [-0.39, 0.29) is 33.5 Å². The molecule has 7 heteroatoms. The average Bonchev–Trinajstić information content (AvgIpc) is 2.92. The smallest absolute Gasteiger partial charge is 0.310 e. The molecule has 1 heterocycles. The van der Waals surface area contributed by atoms with E-state index in [1.54, 1.807) is 0 Å². The van der Waals surface area contributed by atoms with Gasteiger partial charge in [-0.05, 0) is 109 Å². The van der Waals surface area contributed by atoms with Crippen molar-refractivity contribution in [3.63, 3.8) is 0 Å². The molecule has 11 atom stereocenters. The third-order valence-electron chi connectivity index (χ3n) is 14.7. The van der Waals surface area contributed by atoms with Crippen molar-refractivity contribution in [2.24, 2.45) is 50.2 Å². The van der Waals surface area contributed by atoms with Gasteiger partial charge in [0.15, 0.2) is 6.29 Å².